The van der Waals surface area contributed by atoms with E-state index < -0.39 is 0 Å². The molecule has 1 saturated heterocycles. The fourth-order valence-corrected chi connectivity index (χ4v) is 4.81. The Morgan fingerprint density at radius 3 is 2.58 bits per heavy atom. The molecular formula is C27H32N8O. The third-order valence-electron chi connectivity index (χ3n) is 7.28. The van der Waals surface area contributed by atoms with E-state index in [1.807, 2.05) is 49.9 Å². The minimum atomic E-state index is -0.250. The molecule has 36 heavy (non-hydrogen) atoms. The van der Waals surface area contributed by atoms with Crippen LogP contribution in [-0.4, -0.2) is 45.0 Å². The lowest BCUT2D eigenvalue weighted by Gasteiger charge is -2.38. The van der Waals surface area contributed by atoms with Gasteiger partial charge in [0.15, 0.2) is 5.82 Å². The summed E-state index contributed by atoms with van der Waals surface area (Å²) in [5, 5.41) is 20.0. The maximum Gasteiger partial charge on any atom is 0.163 e. The molecule has 4 heterocycles. The first-order valence-corrected chi connectivity index (χ1v) is 12.2. The zero-order chi connectivity index (χ0) is 25.4. The molecule has 5 rings (SSSR count). The molecule has 0 amide bonds. The largest absolute Gasteiger partial charge is 0.494 e. The average molecular weight is 485 g/mol. The summed E-state index contributed by atoms with van der Waals surface area (Å²) in [5.41, 5.74) is 8.41. The Morgan fingerprint density at radius 2 is 1.92 bits per heavy atom. The molecule has 1 N–H and O–H groups in total. The summed E-state index contributed by atoms with van der Waals surface area (Å²) in [7, 11) is 3.62. The van der Waals surface area contributed by atoms with Crippen molar-refractivity contribution >= 4 is 17.6 Å². The van der Waals surface area contributed by atoms with E-state index in [0.717, 1.165) is 66.1 Å². The lowest BCUT2D eigenvalue weighted by molar-refractivity contribution is 0.335. The number of benzene rings is 1. The molecule has 0 radical (unpaired) electrons. The number of nitrogens with zero attached hydrogens (tertiary/aromatic N) is 7. The smallest absolute Gasteiger partial charge is 0.163 e. The highest BCUT2D eigenvalue weighted by atomic mass is 16.5. The van der Waals surface area contributed by atoms with E-state index in [-0.39, 0.29) is 5.41 Å². The lowest BCUT2D eigenvalue weighted by Crippen LogP contribution is -2.40. The summed E-state index contributed by atoms with van der Waals surface area (Å²) in [6, 6.07) is 10.6. The van der Waals surface area contributed by atoms with Crippen LogP contribution in [0.25, 0.3) is 17.5 Å². The first kappa shape index (κ1) is 23.7. The number of hydrogen-bond acceptors (Lipinski definition) is 8. The monoisotopic (exact) mass is 484 g/mol. The summed E-state index contributed by atoms with van der Waals surface area (Å²) in [4.78, 5) is 7.26. The summed E-state index contributed by atoms with van der Waals surface area (Å²) in [5.74, 6) is 3.39. The van der Waals surface area contributed by atoms with Crippen LogP contribution in [0.15, 0.2) is 30.5 Å². The molecule has 0 atom stereocenters. The first-order valence-electron chi connectivity index (χ1n) is 12.2. The number of aryl methyl sites for hydroxylation is 2. The van der Waals surface area contributed by atoms with Gasteiger partial charge in [-0.2, -0.15) is 5.26 Å². The highest BCUT2D eigenvalue weighted by molar-refractivity contribution is 5.69. The van der Waals surface area contributed by atoms with Crippen LogP contribution in [0, 0.1) is 30.6 Å². The average Bonchev–Trinajstić information content (AvgIpc) is 3.22. The van der Waals surface area contributed by atoms with Gasteiger partial charge in [-0.05, 0) is 69.5 Å². The lowest BCUT2D eigenvalue weighted by atomic mass is 9.82. The minimum Gasteiger partial charge on any atom is -0.494 e. The van der Waals surface area contributed by atoms with Crippen molar-refractivity contribution in [1.82, 2.24) is 24.8 Å². The third kappa shape index (κ3) is 4.35. The number of piperidine rings is 1. The highest BCUT2D eigenvalue weighted by Crippen LogP contribution is 2.36. The summed E-state index contributed by atoms with van der Waals surface area (Å²) < 4.78 is 7.67. The van der Waals surface area contributed by atoms with E-state index in [4.69, 9.17) is 9.72 Å². The number of rotatable bonds is 5. The van der Waals surface area contributed by atoms with E-state index in [9.17, 15) is 5.26 Å². The molecular weight excluding hydrogens is 452 g/mol. The van der Waals surface area contributed by atoms with Crippen molar-refractivity contribution in [2.45, 2.75) is 40.2 Å². The van der Waals surface area contributed by atoms with Crippen LogP contribution in [0.5, 0.6) is 5.75 Å². The summed E-state index contributed by atoms with van der Waals surface area (Å²) >= 11 is 0. The normalized spacial score (nSPS) is 16.4. The molecule has 2 aliphatic rings. The van der Waals surface area contributed by atoms with Gasteiger partial charge in [-0.1, -0.05) is 0 Å². The van der Waals surface area contributed by atoms with Crippen LogP contribution in [0.4, 0.5) is 11.5 Å². The SMILES string of the molecule is COc1cc(-c2nnc(C)n2C)ccc1NN1C=Cc2cc(C)nc(N3CCC(C)(C#N)CC3)c2C1. The molecule has 9 heteroatoms. The topological polar surface area (TPSA) is 95.1 Å². The van der Waals surface area contributed by atoms with Crippen LogP contribution in [0.3, 0.4) is 0 Å². The number of fused-ring (bicyclic) bond motifs is 1. The number of nitriles is 1. The standard InChI is InChI=1S/C27H32N8O/c1-18-14-20-8-11-35(16-22(20)26(29-18)34-12-9-27(3,17-28)10-13-34)32-23-7-6-21(15-24(23)36-5)25-31-30-19(2)33(25)4/h6-8,11,14-15,32H,9-10,12-13,16H2,1-5H3. The molecule has 0 aliphatic carbocycles. The summed E-state index contributed by atoms with van der Waals surface area (Å²) in [6.45, 7) is 8.36. The summed E-state index contributed by atoms with van der Waals surface area (Å²) in [6.07, 6.45) is 5.87. The van der Waals surface area contributed by atoms with Crippen molar-refractivity contribution in [1.29, 1.82) is 5.26 Å². The predicted octanol–water partition coefficient (Wildman–Crippen LogP) is 4.45. The van der Waals surface area contributed by atoms with E-state index >= 15 is 0 Å². The second kappa shape index (κ2) is 9.19. The molecule has 0 bridgehead atoms. The van der Waals surface area contributed by atoms with Gasteiger partial charge in [0.25, 0.3) is 0 Å². The molecule has 2 aromatic heterocycles. The number of ether oxygens (including phenoxy) is 1. The Labute approximate surface area is 212 Å². The zero-order valence-corrected chi connectivity index (χ0v) is 21.5. The van der Waals surface area contributed by atoms with Crippen molar-refractivity contribution in [2.24, 2.45) is 12.5 Å². The number of nitrogens with one attached hydrogen (secondary N) is 1. The van der Waals surface area contributed by atoms with Gasteiger partial charge in [0.2, 0.25) is 0 Å². The van der Waals surface area contributed by atoms with Crippen LogP contribution >= 0.6 is 0 Å². The third-order valence-corrected chi connectivity index (χ3v) is 7.28. The van der Waals surface area contributed by atoms with E-state index in [1.54, 1.807) is 7.11 Å². The van der Waals surface area contributed by atoms with Crippen LogP contribution < -0.4 is 15.1 Å². The number of anilines is 2. The van der Waals surface area contributed by atoms with E-state index in [2.05, 4.69) is 50.7 Å². The number of aromatic nitrogens is 4. The van der Waals surface area contributed by atoms with Gasteiger partial charge in [0.05, 0.1) is 30.8 Å². The van der Waals surface area contributed by atoms with Crippen LogP contribution in [-0.2, 0) is 13.6 Å². The van der Waals surface area contributed by atoms with Gasteiger partial charge in [0.1, 0.15) is 17.4 Å². The van der Waals surface area contributed by atoms with Crippen molar-refractivity contribution < 1.29 is 4.74 Å². The Balaban J connectivity index is 1.38. The molecule has 186 valence electrons. The van der Waals surface area contributed by atoms with Crippen molar-refractivity contribution in [3.05, 3.63) is 53.1 Å². The fraction of sp³-hybridized carbons (Fsp3) is 0.407. The van der Waals surface area contributed by atoms with Crippen molar-refractivity contribution in [3.8, 4) is 23.2 Å². The second-order valence-electron chi connectivity index (χ2n) is 9.91. The van der Waals surface area contributed by atoms with Gasteiger partial charge in [0, 0.05) is 43.2 Å². The molecule has 1 aromatic carbocycles. The van der Waals surface area contributed by atoms with E-state index in [0.29, 0.717) is 6.54 Å². The maximum atomic E-state index is 9.53. The molecule has 2 aliphatic heterocycles. The fourth-order valence-electron chi connectivity index (χ4n) is 4.81. The molecule has 3 aromatic rings. The number of pyridine rings is 1. The quantitative estimate of drug-likeness (QED) is 0.568. The van der Waals surface area contributed by atoms with Gasteiger partial charge < -0.3 is 14.2 Å². The van der Waals surface area contributed by atoms with Gasteiger partial charge >= 0.3 is 0 Å². The maximum absolute atomic E-state index is 9.53. The Hall–Kier alpha value is -4.06. The Bertz CT molecular complexity index is 1360. The Kier molecular flexibility index (Phi) is 6.04. The van der Waals surface area contributed by atoms with Crippen molar-refractivity contribution in [3.63, 3.8) is 0 Å². The molecule has 1 fully saturated rings. The molecule has 0 spiro atoms. The first-order chi connectivity index (χ1) is 17.3. The molecule has 9 nitrogen and oxygen atoms in total. The van der Waals surface area contributed by atoms with Crippen molar-refractivity contribution in [2.75, 3.05) is 30.5 Å². The Morgan fingerprint density at radius 1 is 1.14 bits per heavy atom. The number of hydrogen-bond donors (Lipinski definition) is 1. The van der Waals surface area contributed by atoms with Gasteiger partial charge in [-0.3, -0.25) is 10.4 Å². The zero-order valence-electron chi connectivity index (χ0n) is 21.5. The van der Waals surface area contributed by atoms with Gasteiger partial charge in [-0.25, -0.2) is 4.98 Å². The molecule has 0 unspecified atom stereocenters. The number of methoxy groups -OCH3 is 1. The minimum absolute atomic E-state index is 0.250. The number of hydrazine groups is 1. The van der Waals surface area contributed by atoms with Crippen LogP contribution in [0.1, 0.15) is 42.4 Å². The second-order valence-corrected chi connectivity index (χ2v) is 9.91. The highest BCUT2D eigenvalue weighted by Gasteiger charge is 2.32. The van der Waals surface area contributed by atoms with Gasteiger partial charge in [-0.15, -0.1) is 10.2 Å². The predicted molar refractivity (Wildman–Crippen MR) is 140 cm³/mol. The van der Waals surface area contributed by atoms with Crippen LogP contribution in [0.2, 0.25) is 0 Å². The molecule has 0 saturated carbocycles. The van der Waals surface area contributed by atoms with E-state index in [1.165, 1.54) is 11.1 Å².